The Balaban J connectivity index is 2.43. The van der Waals surface area contributed by atoms with Crippen LogP contribution in [0, 0.1) is 25.2 Å². The summed E-state index contributed by atoms with van der Waals surface area (Å²) in [4.78, 5) is 13.3. The van der Waals surface area contributed by atoms with Gasteiger partial charge in [0.2, 0.25) is 0 Å². The summed E-state index contributed by atoms with van der Waals surface area (Å²) >= 11 is 1.43. The van der Waals surface area contributed by atoms with Crippen LogP contribution < -0.4 is 0 Å². The van der Waals surface area contributed by atoms with Crippen LogP contribution in [0.15, 0.2) is 34.6 Å². The molecule has 0 aliphatic rings. The summed E-state index contributed by atoms with van der Waals surface area (Å²) in [6.45, 7) is 3.75. The summed E-state index contributed by atoms with van der Waals surface area (Å²) in [6, 6.07) is 4.07. The molecular formula is C12H10N4S. The summed E-state index contributed by atoms with van der Waals surface area (Å²) < 4.78 is 0. The molecule has 0 amide bonds. The molecule has 17 heavy (non-hydrogen) atoms. The molecule has 0 radical (unpaired) electrons. The summed E-state index contributed by atoms with van der Waals surface area (Å²) in [7, 11) is 0. The van der Waals surface area contributed by atoms with Crippen molar-refractivity contribution >= 4 is 11.8 Å². The molecule has 0 fully saturated rings. The summed E-state index contributed by atoms with van der Waals surface area (Å²) in [6.07, 6.45) is 4.94. The van der Waals surface area contributed by atoms with Crippen LogP contribution in [0.3, 0.4) is 0 Å². The average Bonchev–Trinajstić information content (AvgIpc) is 2.30. The summed E-state index contributed by atoms with van der Waals surface area (Å²) in [5, 5.41) is 9.90. The molecule has 2 aromatic heterocycles. The Morgan fingerprint density at radius 2 is 2.12 bits per heavy atom. The molecule has 5 heteroatoms. The molecule has 0 unspecified atom stereocenters. The molecule has 2 rings (SSSR count). The zero-order valence-corrected chi connectivity index (χ0v) is 10.3. The van der Waals surface area contributed by atoms with E-state index in [0.717, 1.165) is 21.3 Å². The van der Waals surface area contributed by atoms with E-state index in [1.165, 1.54) is 11.8 Å². The van der Waals surface area contributed by atoms with Gasteiger partial charge in [-0.25, -0.2) is 4.98 Å². The van der Waals surface area contributed by atoms with E-state index < -0.39 is 0 Å². The third kappa shape index (κ3) is 2.60. The van der Waals surface area contributed by atoms with Gasteiger partial charge in [0, 0.05) is 23.0 Å². The van der Waals surface area contributed by atoms with Crippen LogP contribution in [0.5, 0.6) is 0 Å². The molecule has 0 spiro atoms. The van der Waals surface area contributed by atoms with Crippen LogP contribution in [-0.4, -0.2) is 15.0 Å². The Bertz CT molecular complexity index is 575. The highest BCUT2D eigenvalue weighted by molar-refractivity contribution is 7.99. The van der Waals surface area contributed by atoms with Crippen molar-refractivity contribution in [3.05, 3.63) is 41.6 Å². The van der Waals surface area contributed by atoms with Gasteiger partial charge in [-0.3, -0.25) is 9.97 Å². The molecule has 0 atom stereocenters. The maximum absolute atomic E-state index is 9.13. The molecular weight excluding hydrogens is 232 g/mol. The van der Waals surface area contributed by atoms with Gasteiger partial charge >= 0.3 is 0 Å². The largest absolute Gasteiger partial charge is 0.260 e. The smallest absolute Gasteiger partial charge is 0.119 e. The lowest BCUT2D eigenvalue weighted by atomic mass is 10.2. The Hall–Kier alpha value is -1.93. The fourth-order valence-corrected chi connectivity index (χ4v) is 2.44. The molecule has 2 aromatic rings. The van der Waals surface area contributed by atoms with Crippen LogP contribution in [0.4, 0.5) is 0 Å². The van der Waals surface area contributed by atoms with E-state index >= 15 is 0 Å². The topological polar surface area (TPSA) is 62.5 Å². The molecule has 0 aliphatic carbocycles. The zero-order valence-electron chi connectivity index (χ0n) is 9.51. The molecule has 0 aliphatic heterocycles. The summed E-state index contributed by atoms with van der Waals surface area (Å²) in [5.74, 6) is 0. The first-order valence-electron chi connectivity index (χ1n) is 5.03. The number of hydrogen-bond donors (Lipinski definition) is 0. The molecule has 0 bridgehead atoms. The fraction of sp³-hybridized carbons (Fsp3) is 0.167. The van der Waals surface area contributed by atoms with Gasteiger partial charge in [0.1, 0.15) is 11.1 Å². The predicted octanol–water partition coefficient (Wildman–Crippen LogP) is 2.51. The van der Waals surface area contributed by atoms with Crippen molar-refractivity contribution in [2.45, 2.75) is 23.8 Å². The minimum atomic E-state index is 0.603. The van der Waals surface area contributed by atoms with Crippen molar-refractivity contribution in [3.63, 3.8) is 0 Å². The van der Waals surface area contributed by atoms with E-state index in [9.17, 15) is 0 Å². The highest BCUT2D eigenvalue weighted by atomic mass is 32.2. The van der Waals surface area contributed by atoms with Crippen LogP contribution in [0.25, 0.3) is 0 Å². The lowest BCUT2D eigenvalue weighted by Crippen LogP contribution is -1.94. The van der Waals surface area contributed by atoms with Crippen LogP contribution in [-0.2, 0) is 0 Å². The highest BCUT2D eigenvalue weighted by Gasteiger charge is 2.10. The van der Waals surface area contributed by atoms with Crippen molar-refractivity contribution < 1.29 is 0 Å². The minimum Gasteiger partial charge on any atom is -0.260 e. The lowest BCUT2D eigenvalue weighted by molar-refractivity contribution is 1.04. The van der Waals surface area contributed by atoms with E-state index in [1.807, 2.05) is 19.9 Å². The Labute approximate surface area is 104 Å². The second-order valence-electron chi connectivity index (χ2n) is 3.48. The Morgan fingerprint density at radius 1 is 1.29 bits per heavy atom. The standard InChI is InChI=1S/C12H10N4S/c1-8-5-11(10(6-13)9(2)16-8)17-12-7-14-3-4-15-12/h3-5,7H,1-2H3. The number of nitrogens with zero attached hydrogens (tertiary/aromatic N) is 4. The fourth-order valence-electron chi connectivity index (χ4n) is 1.46. The van der Waals surface area contributed by atoms with Gasteiger partial charge in [-0.1, -0.05) is 11.8 Å². The first-order chi connectivity index (χ1) is 8.20. The number of rotatable bonds is 2. The zero-order chi connectivity index (χ0) is 12.3. The maximum atomic E-state index is 9.13. The summed E-state index contributed by atoms with van der Waals surface area (Å²) in [5.41, 5.74) is 2.25. The molecule has 84 valence electrons. The third-order valence-electron chi connectivity index (χ3n) is 2.16. The van der Waals surface area contributed by atoms with Crippen molar-refractivity contribution in [3.8, 4) is 6.07 Å². The minimum absolute atomic E-state index is 0.603. The molecule has 2 heterocycles. The Morgan fingerprint density at radius 3 is 2.76 bits per heavy atom. The number of nitriles is 1. The van der Waals surface area contributed by atoms with Gasteiger partial charge in [0.25, 0.3) is 0 Å². The Kier molecular flexibility index (Phi) is 3.35. The van der Waals surface area contributed by atoms with Crippen molar-refractivity contribution in [2.24, 2.45) is 0 Å². The van der Waals surface area contributed by atoms with E-state index in [4.69, 9.17) is 5.26 Å². The van der Waals surface area contributed by atoms with Crippen LogP contribution in [0.2, 0.25) is 0 Å². The quantitative estimate of drug-likeness (QED) is 0.809. The van der Waals surface area contributed by atoms with Gasteiger partial charge in [-0.05, 0) is 19.9 Å². The van der Waals surface area contributed by atoms with E-state index in [1.54, 1.807) is 18.6 Å². The third-order valence-corrected chi connectivity index (χ3v) is 3.12. The first kappa shape index (κ1) is 11.6. The van der Waals surface area contributed by atoms with Crippen LogP contribution in [0.1, 0.15) is 17.0 Å². The van der Waals surface area contributed by atoms with Gasteiger partial charge in [0.05, 0.1) is 17.5 Å². The number of aryl methyl sites for hydroxylation is 2. The van der Waals surface area contributed by atoms with E-state index in [2.05, 4.69) is 21.0 Å². The number of hydrogen-bond acceptors (Lipinski definition) is 5. The van der Waals surface area contributed by atoms with Crippen LogP contribution >= 0.6 is 11.8 Å². The van der Waals surface area contributed by atoms with E-state index in [0.29, 0.717) is 5.56 Å². The van der Waals surface area contributed by atoms with Gasteiger partial charge in [-0.2, -0.15) is 5.26 Å². The number of aromatic nitrogens is 3. The monoisotopic (exact) mass is 242 g/mol. The highest BCUT2D eigenvalue weighted by Crippen LogP contribution is 2.29. The SMILES string of the molecule is Cc1cc(Sc2cnccn2)c(C#N)c(C)n1. The second kappa shape index (κ2) is 4.93. The maximum Gasteiger partial charge on any atom is 0.119 e. The lowest BCUT2D eigenvalue weighted by Gasteiger charge is -2.06. The molecule has 0 saturated carbocycles. The predicted molar refractivity (Wildman–Crippen MR) is 64.6 cm³/mol. The van der Waals surface area contributed by atoms with Crippen molar-refractivity contribution in [1.82, 2.24) is 15.0 Å². The molecule has 0 N–H and O–H groups in total. The normalized spacial score (nSPS) is 9.94. The van der Waals surface area contributed by atoms with Crippen molar-refractivity contribution in [1.29, 1.82) is 5.26 Å². The van der Waals surface area contributed by atoms with E-state index in [-0.39, 0.29) is 0 Å². The second-order valence-corrected chi connectivity index (χ2v) is 4.54. The number of pyridine rings is 1. The van der Waals surface area contributed by atoms with Gasteiger partial charge < -0.3 is 0 Å². The first-order valence-corrected chi connectivity index (χ1v) is 5.84. The molecule has 0 saturated heterocycles. The van der Waals surface area contributed by atoms with Gasteiger partial charge in [-0.15, -0.1) is 0 Å². The molecule has 4 nitrogen and oxygen atoms in total. The molecule has 0 aromatic carbocycles. The van der Waals surface area contributed by atoms with Gasteiger partial charge in [0.15, 0.2) is 0 Å². The van der Waals surface area contributed by atoms with Crippen molar-refractivity contribution in [2.75, 3.05) is 0 Å². The average molecular weight is 242 g/mol.